The number of nitrogens with zero attached hydrogens (tertiary/aromatic N) is 3. The first kappa shape index (κ1) is 20.2. The van der Waals surface area contributed by atoms with Crippen molar-refractivity contribution >= 4 is 51.4 Å². The van der Waals surface area contributed by atoms with Crippen molar-refractivity contribution in [2.24, 2.45) is 5.92 Å². The van der Waals surface area contributed by atoms with Crippen molar-refractivity contribution in [2.45, 2.75) is 36.4 Å². The molecule has 1 aliphatic rings. The highest BCUT2D eigenvalue weighted by Crippen LogP contribution is 2.28. The molecule has 3 rings (SSSR count). The van der Waals surface area contributed by atoms with E-state index in [-0.39, 0.29) is 29.2 Å². The Morgan fingerprint density at radius 2 is 1.86 bits per heavy atom. The van der Waals surface area contributed by atoms with Crippen LogP contribution < -0.4 is 10.6 Å². The van der Waals surface area contributed by atoms with Gasteiger partial charge in [0, 0.05) is 23.7 Å². The first-order valence-electron chi connectivity index (χ1n) is 8.83. The topological polar surface area (TPSA) is 127 Å². The average molecular weight is 422 g/mol. The van der Waals surface area contributed by atoms with Crippen molar-refractivity contribution in [1.82, 2.24) is 10.2 Å². The summed E-state index contributed by atoms with van der Waals surface area (Å²) in [6.07, 6.45) is 5.17. The predicted octanol–water partition coefficient (Wildman–Crippen LogP) is 3.70. The van der Waals surface area contributed by atoms with Crippen LogP contribution in [0.15, 0.2) is 28.6 Å². The summed E-state index contributed by atoms with van der Waals surface area (Å²) in [7, 11) is 0. The SMILES string of the molecule is O=C(CSc1nnc(NC(=O)C2CCCCC2)s1)Nc1ccc([N+](=O)[O-])cc1. The normalized spacial score (nSPS) is 14.4. The van der Waals surface area contributed by atoms with E-state index < -0.39 is 4.92 Å². The fourth-order valence-electron chi connectivity index (χ4n) is 2.88. The van der Waals surface area contributed by atoms with Gasteiger partial charge in [0.2, 0.25) is 16.9 Å². The second kappa shape index (κ2) is 9.60. The Morgan fingerprint density at radius 1 is 1.14 bits per heavy atom. The van der Waals surface area contributed by atoms with E-state index in [4.69, 9.17) is 0 Å². The minimum atomic E-state index is -0.498. The number of nitrogens with one attached hydrogen (secondary N) is 2. The second-order valence-electron chi connectivity index (χ2n) is 6.34. The molecule has 1 fully saturated rings. The lowest BCUT2D eigenvalue weighted by Crippen LogP contribution is -2.24. The summed E-state index contributed by atoms with van der Waals surface area (Å²) >= 11 is 2.45. The van der Waals surface area contributed by atoms with Gasteiger partial charge in [-0.05, 0) is 25.0 Å². The van der Waals surface area contributed by atoms with Gasteiger partial charge in [0.25, 0.3) is 5.69 Å². The highest BCUT2D eigenvalue weighted by atomic mass is 32.2. The Hall–Kier alpha value is -2.53. The van der Waals surface area contributed by atoms with Crippen molar-refractivity contribution in [3.05, 3.63) is 34.4 Å². The molecule has 1 aliphatic carbocycles. The van der Waals surface area contributed by atoms with Gasteiger partial charge in [0.15, 0.2) is 4.34 Å². The molecule has 9 nitrogen and oxygen atoms in total. The monoisotopic (exact) mass is 421 g/mol. The van der Waals surface area contributed by atoms with Gasteiger partial charge in [0.05, 0.1) is 10.7 Å². The summed E-state index contributed by atoms with van der Waals surface area (Å²) in [5, 5.41) is 24.5. The van der Waals surface area contributed by atoms with Crippen molar-refractivity contribution in [3.8, 4) is 0 Å². The van der Waals surface area contributed by atoms with Crippen molar-refractivity contribution < 1.29 is 14.5 Å². The number of hydrogen-bond acceptors (Lipinski definition) is 8. The third kappa shape index (κ3) is 5.73. The van der Waals surface area contributed by atoms with Crippen LogP contribution in [-0.4, -0.2) is 32.7 Å². The molecule has 0 radical (unpaired) electrons. The van der Waals surface area contributed by atoms with Crippen LogP contribution >= 0.6 is 23.1 Å². The van der Waals surface area contributed by atoms with E-state index >= 15 is 0 Å². The van der Waals surface area contributed by atoms with Gasteiger partial charge < -0.3 is 10.6 Å². The van der Waals surface area contributed by atoms with Crippen molar-refractivity contribution in [1.29, 1.82) is 0 Å². The molecule has 2 aromatic rings. The molecule has 0 saturated heterocycles. The summed E-state index contributed by atoms with van der Waals surface area (Å²) in [6, 6.07) is 5.61. The molecule has 1 aromatic carbocycles. The van der Waals surface area contributed by atoms with E-state index in [2.05, 4.69) is 20.8 Å². The third-order valence-corrected chi connectivity index (χ3v) is 6.27. The predicted molar refractivity (Wildman–Crippen MR) is 108 cm³/mol. The van der Waals surface area contributed by atoms with Crippen molar-refractivity contribution in [3.63, 3.8) is 0 Å². The van der Waals surface area contributed by atoms with E-state index in [9.17, 15) is 19.7 Å². The second-order valence-corrected chi connectivity index (χ2v) is 8.54. The van der Waals surface area contributed by atoms with Gasteiger partial charge >= 0.3 is 0 Å². The number of benzene rings is 1. The molecule has 11 heteroatoms. The zero-order chi connectivity index (χ0) is 19.9. The molecular weight excluding hydrogens is 402 g/mol. The number of carbonyl (C=O) groups is 2. The van der Waals surface area contributed by atoms with Crippen LogP contribution in [0.5, 0.6) is 0 Å². The smallest absolute Gasteiger partial charge is 0.269 e. The van der Waals surface area contributed by atoms with Gasteiger partial charge in [-0.2, -0.15) is 0 Å². The zero-order valence-corrected chi connectivity index (χ0v) is 16.6. The number of anilines is 2. The number of nitro benzene ring substituents is 1. The van der Waals surface area contributed by atoms with Crippen LogP contribution in [0.1, 0.15) is 32.1 Å². The molecule has 0 spiro atoms. The zero-order valence-electron chi connectivity index (χ0n) is 14.9. The Morgan fingerprint density at radius 3 is 2.54 bits per heavy atom. The molecule has 0 unspecified atom stereocenters. The molecule has 1 saturated carbocycles. The summed E-state index contributed by atoms with van der Waals surface area (Å²) in [5.74, 6) is -0.117. The lowest BCUT2D eigenvalue weighted by molar-refractivity contribution is -0.384. The van der Waals surface area contributed by atoms with Gasteiger partial charge in [-0.25, -0.2) is 0 Å². The first-order chi connectivity index (χ1) is 13.5. The van der Waals surface area contributed by atoms with E-state index in [1.54, 1.807) is 0 Å². The third-order valence-electron chi connectivity index (χ3n) is 4.30. The molecule has 2 amide bonds. The number of carbonyl (C=O) groups excluding carboxylic acids is 2. The molecule has 28 heavy (non-hydrogen) atoms. The fourth-order valence-corrected chi connectivity index (χ4v) is 4.44. The maximum Gasteiger partial charge on any atom is 0.269 e. The van der Waals surface area contributed by atoms with E-state index in [1.165, 1.54) is 53.8 Å². The van der Waals surface area contributed by atoms with Crippen LogP contribution in [0.3, 0.4) is 0 Å². The van der Waals surface area contributed by atoms with E-state index in [0.29, 0.717) is 15.2 Å². The average Bonchev–Trinajstić information content (AvgIpc) is 3.15. The molecule has 1 aromatic heterocycles. The van der Waals surface area contributed by atoms with Crippen LogP contribution in [-0.2, 0) is 9.59 Å². The number of non-ortho nitro benzene ring substituents is 1. The molecule has 0 atom stereocenters. The molecule has 0 bridgehead atoms. The lowest BCUT2D eigenvalue weighted by atomic mass is 9.89. The fraction of sp³-hybridized carbons (Fsp3) is 0.412. The minimum Gasteiger partial charge on any atom is -0.325 e. The van der Waals surface area contributed by atoms with Crippen LogP contribution in [0, 0.1) is 16.0 Å². The van der Waals surface area contributed by atoms with Crippen LogP contribution in [0.25, 0.3) is 0 Å². The number of aromatic nitrogens is 2. The van der Waals surface area contributed by atoms with Crippen molar-refractivity contribution in [2.75, 3.05) is 16.4 Å². The quantitative estimate of drug-likeness (QED) is 0.302. The minimum absolute atomic E-state index is 0.0108. The van der Waals surface area contributed by atoms with Gasteiger partial charge in [-0.3, -0.25) is 19.7 Å². The van der Waals surface area contributed by atoms with Crippen LogP contribution in [0.2, 0.25) is 0 Å². The first-order valence-corrected chi connectivity index (χ1v) is 10.6. The van der Waals surface area contributed by atoms with E-state index in [0.717, 1.165) is 25.7 Å². The van der Waals surface area contributed by atoms with Gasteiger partial charge in [-0.15, -0.1) is 10.2 Å². The Balaban J connectivity index is 1.45. The van der Waals surface area contributed by atoms with E-state index in [1.807, 2.05) is 0 Å². The van der Waals surface area contributed by atoms with Gasteiger partial charge in [-0.1, -0.05) is 42.4 Å². The highest BCUT2D eigenvalue weighted by Gasteiger charge is 2.22. The summed E-state index contributed by atoms with van der Waals surface area (Å²) in [4.78, 5) is 34.4. The van der Waals surface area contributed by atoms with Crippen LogP contribution in [0.4, 0.5) is 16.5 Å². The molecular formula is C17H19N5O4S2. The Kier molecular flexibility index (Phi) is 6.93. The Labute approximate surface area is 169 Å². The standard InChI is InChI=1S/C17H19N5O4S2/c23-14(18-12-6-8-13(9-7-12)22(25)26)10-27-17-21-20-16(28-17)19-15(24)11-4-2-1-3-5-11/h6-9,11H,1-5,10H2,(H,18,23)(H,19,20,24). The number of amides is 2. The number of nitro groups is 1. The number of thioether (sulfide) groups is 1. The largest absolute Gasteiger partial charge is 0.325 e. The summed E-state index contributed by atoms with van der Waals surface area (Å²) in [5.41, 5.74) is 0.443. The molecule has 2 N–H and O–H groups in total. The highest BCUT2D eigenvalue weighted by molar-refractivity contribution is 8.01. The van der Waals surface area contributed by atoms with Gasteiger partial charge in [0.1, 0.15) is 0 Å². The molecule has 0 aliphatic heterocycles. The Bertz CT molecular complexity index is 849. The summed E-state index contributed by atoms with van der Waals surface area (Å²) in [6.45, 7) is 0. The summed E-state index contributed by atoms with van der Waals surface area (Å²) < 4.78 is 0.581. The molecule has 148 valence electrons. The number of rotatable bonds is 7. The number of hydrogen-bond donors (Lipinski definition) is 2. The maximum atomic E-state index is 12.2. The molecule has 1 heterocycles. The lowest BCUT2D eigenvalue weighted by Gasteiger charge is -2.19. The maximum absolute atomic E-state index is 12.2.